The summed E-state index contributed by atoms with van der Waals surface area (Å²) in [7, 11) is 2.95. The Morgan fingerprint density at radius 1 is 1.04 bits per heavy atom. The van der Waals surface area contributed by atoms with Gasteiger partial charge in [0, 0.05) is 5.56 Å². The van der Waals surface area contributed by atoms with Crippen LogP contribution in [0.4, 0.5) is 0 Å². The van der Waals surface area contributed by atoms with Crippen molar-refractivity contribution in [2.24, 2.45) is 0 Å². The average molecular weight is 368 g/mol. The fourth-order valence-electron chi connectivity index (χ4n) is 2.37. The monoisotopic (exact) mass is 368 g/mol. The van der Waals surface area contributed by atoms with E-state index in [9.17, 15) is 9.59 Å². The molecule has 0 atom stereocenters. The third-order valence-electron chi connectivity index (χ3n) is 3.77. The molecule has 0 saturated heterocycles. The van der Waals surface area contributed by atoms with Crippen molar-refractivity contribution in [3.63, 3.8) is 0 Å². The van der Waals surface area contributed by atoms with Crippen LogP contribution in [0.5, 0.6) is 11.5 Å². The lowest BCUT2D eigenvalue weighted by molar-refractivity contribution is 0.0474. The van der Waals surface area contributed by atoms with Crippen molar-refractivity contribution in [2.75, 3.05) is 20.8 Å². The zero-order chi connectivity index (χ0) is 19.2. The summed E-state index contributed by atoms with van der Waals surface area (Å²) < 4.78 is 20.5. The molecular formula is C19H16N2O6. The molecule has 0 radical (unpaired) electrons. The highest BCUT2D eigenvalue weighted by Gasteiger charge is 2.17. The number of nitrogens with zero attached hydrogens (tertiary/aromatic N) is 2. The maximum absolute atomic E-state index is 12.4. The zero-order valence-electron chi connectivity index (χ0n) is 14.7. The van der Waals surface area contributed by atoms with Crippen LogP contribution >= 0.6 is 0 Å². The van der Waals surface area contributed by atoms with Crippen LogP contribution in [0, 0.1) is 0 Å². The third kappa shape index (κ3) is 4.12. The summed E-state index contributed by atoms with van der Waals surface area (Å²) in [5.41, 5.74) is 1.24. The Balaban J connectivity index is 1.66. The summed E-state index contributed by atoms with van der Waals surface area (Å²) >= 11 is 0. The second-order valence-electron chi connectivity index (χ2n) is 5.39. The number of benzene rings is 2. The minimum Gasteiger partial charge on any atom is -0.497 e. The molecule has 0 fully saturated rings. The van der Waals surface area contributed by atoms with E-state index in [1.807, 2.05) is 0 Å². The van der Waals surface area contributed by atoms with E-state index in [0.717, 1.165) is 0 Å². The summed E-state index contributed by atoms with van der Waals surface area (Å²) in [6, 6.07) is 11.2. The van der Waals surface area contributed by atoms with Crippen molar-refractivity contribution >= 4 is 11.8 Å². The SMILES string of the molecule is COc1ccc(OC)c(C(=O)COC(=O)c2ccc(-c3nnco3)cc2)c1. The standard InChI is InChI=1S/C19H16N2O6/c1-24-14-7-8-17(25-2)15(9-14)16(22)10-26-19(23)13-5-3-12(4-6-13)18-21-20-11-27-18/h3-9,11H,10H2,1-2H3. The van der Waals surface area contributed by atoms with E-state index in [2.05, 4.69) is 10.2 Å². The van der Waals surface area contributed by atoms with Crippen LogP contribution in [-0.4, -0.2) is 42.8 Å². The maximum atomic E-state index is 12.4. The van der Waals surface area contributed by atoms with Crippen LogP contribution in [0.25, 0.3) is 11.5 Å². The van der Waals surface area contributed by atoms with Gasteiger partial charge >= 0.3 is 5.97 Å². The molecule has 1 aromatic heterocycles. The van der Waals surface area contributed by atoms with Gasteiger partial charge in [-0.3, -0.25) is 4.79 Å². The maximum Gasteiger partial charge on any atom is 0.338 e. The number of esters is 1. The normalized spacial score (nSPS) is 10.3. The van der Waals surface area contributed by atoms with E-state index in [-0.39, 0.29) is 5.56 Å². The summed E-state index contributed by atoms with van der Waals surface area (Å²) in [5, 5.41) is 7.38. The summed E-state index contributed by atoms with van der Waals surface area (Å²) in [4.78, 5) is 24.6. The molecule has 27 heavy (non-hydrogen) atoms. The molecule has 1 heterocycles. The first-order chi connectivity index (χ1) is 13.1. The van der Waals surface area contributed by atoms with Gasteiger partial charge < -0.3 is 18.6 Å². The predicted octanol–water partition coefficient (Wildman–Crippen LogP) is 2.79. The van der Waals surface area contributed by atoms with Gasteiger partial charge in [0.05, 0.1) is 25.3 Å². The Morgan fingerprint density at radius 3 is 2.44 bits per heavy atom. The number of rotatable bonds is 7. The highest BCUT2D eigenvalue weighted by atomic mass is 16.5. The third-order valence-corrected chi connectivity index (χ3v) is 3.77. The van der Waals surface area contributed by atoms with E-state index in [1.54, 1.807) is 36.4 Å². The van der Waals surface area contributed by atoms with Gasteiger partial charge in [-0.2, -0.15) is 0 Å². The van der Waals surface area contributed by atoms with Crippen LogP contribution in [0.2, 0.25) is 0 Å². The minimum absolute atomic E-state index is 0.274. The Kier molecular flexibility index (Phi) is 5.46. The Labute approximate surface area is 154 Å². The molecule has 0 bridgehead atoms. The van der Waals surface area contributed by atoms with Crippen LogP contribution in [0.15, 0.2) is 53.3 Å². The first kappa shape index (κ1) is 18.1. The Morgan fingerprint density at radius 2 is 1.81 bits per heavy atom. The van der Waals surface area contributed by atoms with Gasteiger partial charge in [-0.05, 0) is 42.5 Å². The second-order valence-corrected chi connectivity index (χ2v) is 5.39. The average Bonchev–Trinajstić information content (AvgIpc) is 3.26. The molecule has 8 heteroatoms. The molecule has 0 unspecified atom stereocenters. The number of hydrogen-bond acceptors (Lipinski definition) is 8. The Bertz CT molecular complexity index is 935. The molecule has 8 nitrogen and oxygen atoms in total. The number of carbonyl (C=O) groups is 2. The van der Waals surface area contributed by atoms with E-state index in [4.69, 9.17) is 18.6 Å². The van der Waals surface area contributed by atoms with Gasteiger partial charge in [0.2, 0.25) is 18.1 Å². The van der Waals surface area contributed by atoms with Crippen molar-refractivity contribution in [1.82, 2.24) is 10.2 Å². The van der Waals surface area contributed by atoms with Crippen LogP contribution in [0.1, 0.15) is 20.7 Å². The second kappa shape index (κ2) is 8.13. The molecule has 0 aliphatic carbocycles. The van der Waals surface area contributed by atoms with Crippen molar-refractivity contribution in [1.29, 1.82) is 0 Å². The summed E-state index contributed by atoms with van der Waals surface area (Å²) in [6.45, 7) is -0.423. The minimum atomic E-state index is -0.623. The van der Waals surface area contributed by atoms with Crippen molar-refractivity contribution in [2.45, 2.75) is 0 Å². The van der Waals surface area contributed by atoms with Gasteiger partial charge in [-0.25, -0.2) is 4.79 Å². The summed E-state index contributed by atoms with van der Waals surface area (Å²) in [5.74, 6) is 0.196. The molecule has 3 aromatic rings. The fraction of sp³-hybridized carbons (Fsp3) is 0.158. The van der Waals surface area contributed by atoms with Crippen LogP contribution in [-0.2, 0) is 4.74 Å². The van der Waals surface area contributed by atoms with Gasteiger partial charge in [0.25, 0.3) is 0 Å². The smallest absolute Gasteiger partial charge is 0.338 e. The molecule has 0 amide bonds. The van der Waals surface area contributed by atoms with Crippen LogP contribution < -0.4 is 9.47 Å². The van der Waals surface area contributed by atoms with Crippen molar-refractivity contribution < 1.29 is 28.2 Å². The first-order valence-electron chi connectivity index (χ1n) is 7.91. The number of ketones is 1. The molecule has 0 aliphatic heterocycles. The fourth-order valence-corrected chi connectivity index (χ4v) is 2.37. The molecular weight excluding hydrogens is 352 g/mol. The quantitative estimate of drug-likeness (QED) is 0.463. The number of carbonyl (C=O) groups excluding carboxylic acids is 2. The predicted molar refractivity (Wildman–Crippen MR) is 93.9 cm³/mol. The van der Waals surface area contributed by atoms with Gasteiger partial charge in [-0.1, -0.05) is 0 Å². The lowest BCUT2D eigenvalue weighted by Gasteiger charge is -2.10. The molecule has 0 spiro atoms. The lowest BCUT2D eigenvalue weighted by atomic mass is 10.1. The number of ether oxygens (including phenoxy) is 3. The molecule has 2 aromatic carbocycles. The number of aromatic nitrogens is 2. The Hall–Kier alpha value is -3.68. The number of methoxy groups -OCH3 is 2. The molecule has 3 rings (SSSR count). The molecule has 0 N–H and O–H groups in total. The topological polar surface area (TPSA) is 101 Å². The van der Waals surface area contributed by atoms with Gasteiger partial charge in [0.1, 0.15) is 11.5 Å². The summed E-state index contributed by atoms with van der Waals surface area (Å²) in [6.07, 6.45) is 1.22. The number of Topliss-reactive ketones (excluding diaryl/α,β-unsaturated/α-hetero) is 1. The largest absolute Gasteiger partial charge is 0.497 e. The highest BCUT2D eigenvalue weighted by molar-refractivity contribution is 6.01. The zero-order valence-corrected chi connectivity index (χ0v) is 14.7. The van der Waals surface area contributed by atoms with E-state index >= 15 is 0 Å². The highest BCUT2D eigenvalue weighted by Crippen LogP contribution is 2.24. The first-order valence-corrected chi connectivity index (χ1v) is 7.91. The lowest BCUT2D eigenvalue weighted by Crippen LogP contribution is -2.15. The van der Waals surface area contributed by atoms with Gasteiger partial charge in [0.15, 0.2) is 6.61 Å². The van der Waals surface area contributed by atoms with Crippen molar-refractivity contribution in [3.05, 3.63) is 60.0 Å². The van der Waals surface area contributed by atoms with E-state index in [0.29, 0.717) is 28.5 Å². The van der Waals surface area contributed by atoms with Crippen molar-refractivity contribution in [3.8, 4) is 23.0 Å². The van der Waals surface area contributed by atoms with E-state index < -0.39 is 18.4 Å². The number of hydrogen-bond donors (Lipinski definition) is 0. The van der Waals surface area contributed by atoms with Crippen LogP contribution in [0.3, 0.4) is 0 Å². The molecule has 138 valence electrons. The van der Waals surface area contributed by atoms with E-state index in [1.165, 1.54) is 26.7 Å². The molecule has 0 aliphatic rings. The molecule has 0 saturated carbocycles. The van der Waals surface area contributed by atoms with Gasteiger partial charge in [-0.15, -0.1) is 10.2 Å².